The number of nitrogens with two attached hydrogens (primary N) is 3. The number of aliphatic hydroxyl groups excluding tert-OH is 4. The number of phenolic OH excluding ortho intramolecular Hbond substituents is 1. The molecule has 0 saturated heterocycles. The predicted molar refractivity (Wildman–Crippen MR) is 193 cm³/mol. The first kappa shape index (κ1) is 49.5. The van der Waals surface area contributed by atoms with Crippen LogP contribution in [0.4, 0.5) is 0 Å². The number of amides is 9. The molecule has 0 saturated carbocycles. The Kier molecular flexibility index (Phi) is 21.3. The van der Waals surface area contributed by atoms with Gasteiger partial charge >= 0.3 is 5.97 Å². The summed E-state index contributed by atoms with van der Waals surface area (Å²) in [7, 11) is 0. The molecule has 1 aromatic rings. The van der Waals surface area contributed by atoms with E-state index >= 15 is 0 Å². The van der Waals surface area contributed by atoms with Crippen molar-refractivity contribution >= 4 is 59.1 Å². The van der Waals surface area contributed by atoms with Crippen LogP contribution in [0.15, 0.2) is 24.3 Å². The van der Waals surface area contributed by atoms with Crippen molar-refractivity contribution in [1.29, 1.82) is 0 Å². The Hall–Kier alpha value is -6.48. The highest BCUT2D eigenvalue weighted by Gasteiger charge is 2.34. The Bertz CT molecular complexity index is 1650. The lowest BCUT2D eigenvalue weighted by molar-refractivity contribution is -0.139. The van der Waals surface area contributed by atoms with Crippen molar-refractivity contribution in [2.75, 3.05) is 33.0 Å². The summed E-state index contributed by atoms with van der Waals surface area (Å²) in [6.07, 6.45) is -2.18. The second-order valence-corrected chi connectivity index (χ2v) is 12.4. The second-order valence-electron chi connectivity index (χ2n) is 12.4. The first-order valence-corrected chi connectivity index (χ1v) is 17.1. The monoisotopic (exact) mass is 828 g/mol. The summed E-state index contributed by atoms with van der Waals surface area (Å²) in [4.78, 5) is 124. The van der Waals surface area contributed by atoms with Gasteiger partial charge in [-0.15, -0.1) is 0 Å². The molecule has 1 aromatic carbocycles. The minimum atomic E-state index is -1.90. The van der Waals surface area contributed by atoms with Gasteiger partial charge in [0.25, 0.3) is 0 Å². The summed E-state index contributed by atoms with van der Waals surface area (Å²) in [6.45, 7) is -5.01. The highest BCUT2D eigenvalue weighted by molar-refractivity contribution is 5.98. The summed E-state index contributed by atoms with van der Waals surface area (Å²) >= 11 is 0. The Labute approximate surface area is 328 Å². The number of benzene rings is 1. The third kappa shape index (κ3) is 17.5. The van der Waals surface area contributed by atoms with E-state index in [0.29, 0.717) is 5.56 Å². The van der Waals surface area contributed by atoms with Gasteiger partial charge in [0.2, 0.25) is 53.2 Å². The fourth-order valence-electron chi connectivity index (χ4n) is 4.63. The average Bonchev–Trinajstić information content (AvgIpc) is 3.17. The van der Waals surface area contributed by atoms with Crippen molar-refractivity contribution in [3.05, 3.63) is 29.8 Å². The zero-order chi connectivity index (χ0) is 44.1. The van der Waals surface area contributed by atoms with Crippen LogP contribution in [-0.4, -0.2) is 165 Å². The molecule has 0 heterocycles. The van der Waals surface area contributed by atoms with Crippen LogP contribution in [-0.2, 0) is 54.4 Å². The number of phenols is 1. The molecule has 322 valence electrons. The lowest BCUT2D eigenvalue weighted by Gasteiger charge is -2.27. The molecule has 26 nitrogen and oxygen atoms in total. The van der Waals surface area contributed by atoms with E-state index in [1.807, 2.05) is 16.0 Å². The third-order valence-electron chi connectivity index (χ3n) is 7.75. The molecule has 0 aliphatic heterocycles. The Morgan fingerprint density at radius 3 is 1.38 bits per heavy atom. The number of hydrogen-bond acceptors (Lipinski definition) is 16. The summed E-state index contributed by atoms with van der Waals surface area (Å²) < 4.78 is 0. The van der Waals surface area contributed by atoms with Crippen molar-refractivity contribution in [2.45, 2.75) is 68.0 Å². The van der Waals surface area contributed by atoms with Crippen molar-refractivity contribution in [2.24, 2.45) is 17.2 Å². The molecule has 19 N–H and O–H groups in total. The van der Waals surface area contributed by atoms with E-state index in [-0.39, 0.29) is 12.2 Å². The normalized spacial score (nSPS) is 14.4. The van der Waals surface area contributed by atoms with E-state index in [0.717, 1.165) is 0 Å². The van der Waals surface area contributed by atoms with Gasteiger partial charge in [0.15, 0.2) is 0 Å². The summed E-state index contributed by atoms with van der Waals surface area (Å²) in [5.74, 6) is -11.9. The van der Waals surface area contributed by atoms with Crippen LogP contribution in [0, 0.1) is 0 Å². The number of carbonyl (C=O) groups excluding carboxylic acids is 9. The molecule has 0 spiro atoms. The largest absolute Gasteiger partial charge is 0.508 e. The first-order valence-electron chi connectivity index (χ1n) is 17.1. The fourth-order valence-corrected chi connectivity index (χ4v) is 4.63. The molecular weight excluding hydrogens is 780 g/mol. The molecular formula is C32H48N10O16. The second kappa shape index (κ2) is 24.9. The molecule has 0 radical (unpaired) electrons. The van der Waals surface area contributed by atoms with Gasteiger partial charge in [-0.25, -0.2) is 0 Å². The average molecular weight is 829 g/mol. The third-order valence-corrected chi connectivity index (χ3v) is 7.75. The topological polar surface area (TPSA) is 454 Å². The predicted octanol–water partition coefficient (Wildman–Crippen LogP) is -9.52. The zero-order valence-electron chi connectivity index (χ0n) is 30.7. The molecule has 0 aromatic heterocycles. The molecule has 9 amide bonds. The standard InChI is InChI=1S/C32H48N10O16/c33-16(10-43)26(52)40-20(11-44)30(56)37-17(5-6-23(34)48)28(54)38-18(7-14-1-3-15(47)4-2-14)29(55)41-22(13-46)32(58)42-21(12-45)31(57)39-19(8-24(35)49)27(53)36-9-25(50)51/h1-4,16-22,43-47H,5-13,33H2,(H2,34,48)(H2,35,49)(H,36,53)(H,37,56)(H,38,54)(H,39,57)(H,40,52)(H,41,55)(H,42,58)(H,50,51)/t16-,17-,18-,19-,20-,21-,22-/m0/s1. The molecule has 58 heavy (non-hydrogen) atoms. The number of nitrogens with one attached hydrogen (secondary N) is 7. The van der Waals surface area contributed by atoms with Crippen molar-refractivity contribution < 1.29 is 78.6 Å². The zero-order valence-corrected chi connectivity index (χ0v) is 30.7. The number of aromatic hydroxyl groups is 1. The first-order chi connectivity index (χ1) is 27.3. The quantitative estimate of drug-likeness (QED) is 0.0412. The van der Waals surface area contributed by atoms with Gasteiger partial charge in [0.1, 0.15) is 54.6 Å². The summed E-state index contributed by atoms with van der Waals surface area (Å²) in [5, 5.41) is 71.8. The van der Waals surface area contributed by atoms with Gasteiger partial charge in [0.05, 0.1) is 32.8 Å². The van der Waals surface area contributed by atoms with Crippen LogP contribution < -0.4 is 54.4 Å². The number of carboxylic acid groups (broad SMARTS) is 1. The molecule has 7 atom stereocenters. The number of hydrogen-bond donors (Lipinski definition) is 16. The Morgan fingerprint density at radius 1 is 0.534 bits per heavy atom. The number of primary amides is 2. The van der Waals surface area contributed by atoms with Crippen LogP contribution >= 0.6 is 0 Å². The van der Waals surface area contributed by atoms with E-state index in [9.17, 15) is 68.4 Å². The van der Waals surface area contributed by atoms with Gasteiger partial charge < -0.3 is 85.1 Å². The van der Waals surface area contributed by atoms with E-state index in [1.165, 1.54) is 24.3 Å². The van der Waals surface area contributed by atoms with Gasteiger partial charge in [-0.05, 0) is 24.1 Å². The number of aliphatic hydroxyl groups is 4. The van der Waals surface area contributed by atoms with Gasteiger partial charge in [0, 0.05) is 12.8 Å². The molecule has 0 aliphatic carbocycles. The molecule has 0 aliphatic rings. The van der Waals surface area contributed by atoms with Crippen molar-refractivity contribution in [1.82, 2.24) is 37.2 Å². The van der Waals surface area contributed by atoms with Gasteiger partial charge in [-0.1, -0.05) is 12.1 Å². The SMILES string of the molecule is NC(=O)CC[C@H](NC(=O)[C@H](CO)NC(=O)[C@@H](N)CO)C(=O)N[C@@H](Cc1ccc(O)cc1)C(=O)N[C@@H](CO)C(=O)N[C@@H](CO)C(=O)N[C@@H](CC(N)=O)C(=O)NCC(=O)O. The van der Waals surface area contributed by atoms with Crippen molar-refractivity contribution in [3.63, 3.8) is 0 Å². The Morgan fingerprint density at radius 2 is 0.948 bits per heavy atom. The number of rotatable bonds is 26. The minimum Gasteiger partial charge on any atom is -0.508 e. The molecule has 1 rings (SSSR count). The van der Waals surface area contributed by atoms with E-state index < -0.39 is 154 Å². The molecule has 0 fully saturated rings. The lowest BCUT2D eigenvalue weighted by Crippen LogP contribution is -2.61. The summed E-state index contributed by atoms with van der Waals surface area (Å²) in [5.41, 5.74) is 16.0. The summed E-state index contributed by atoms with van der Waals surface area (Å²) in [6, 6.07) is -6.88. The number of carboxylic acids is 1. The van der Waals surface area contributed by atoms with Gasteiger partial charge in [-0.3, -0.25) is 47.9 Å². The van der Waals surface area contributed by atoms with E-state index in [4.69, 9.17) is 27.4 Å². The molecule has 0 bridgehead atoms. The lowest BCUT2D eigenvalue weighted by atomic mass is 10.0. The van der Waals surface area contributed by atoms with Crippen LogP contribution in [0.2, 0.25) is 0 Å². The highest BCUT2D eigenvalue weighted by Crippen LogP contribution is 2.12. The maximum atomic E-state index is 13.6. The highest BCUT2D eigenvalue weighted by atomic mass is 16.4. The van der Waals surface area contributed by atoms with Crippen molar-refractivity contribution in [3.8, 4) is 5.75 Å². The maximum Gasteiger partial charge on any atom is 0.322 e. The van der Waals surface area contributed by atoms with Crippen LogP contribution in [0.5, 0.6) is 5.75 Å². The number of aliphatic carboxylic acids is 1. The van der Waals surface area contributed by atoms with Gasteiger partial charge in [-0.2, -0.15) is 0 Å². The number of carbonyl (C=O) groups is 10. The van der Waals surface area contributed by atoms with Crippen LogP contribution in [0.1, 0.15) is 24.8 Å². The van der Waals surface area contributed by atoms with E-state index in [2.05, 4.69) is 21.3 Å². The van der Waals surface area contributed by atoms with Crippen LogP contribution in [0.3, 0.4) is 0 Å². The maximum absolute atomic E-state index is 13.6. The fraction of sp³-hybridized carbons (Fsp3) is 0.500. The van der Waals surface area contributed by atoms with Crippen LogP contribution in [0.25, 0.3) is 0 Å². The van der Waals surface area contributed by atoms with E-state index in [1.54, 1.807) is 0 Å². The minimum absolute atomic E-state index is 0.171. The Balaban J connectivity index is 3.31. The molecule has 0 unspecified atom stereocenters. The molecule has 26 heteroatoms. The smallest absolute Gasteiger partial charge is 0.322 e.